The molecule has 1 aliphatic rings. The fourth-order valence-corrected chi connectivity index (χ4v) is 2.22. The highest BCUT2D eigenvalue weighted by molar-refractivity contribution is 9.10. The Morgan fingerprint density at radius 3 is 2.93 bits per heavy atom. The van der Waals surface area contributed by atoms with Gasteiger partial charge in [0, 0.05) is 16.2 Å². The summed E-state index contributed by atoms with van der Waals surface area (Å²) < 4.78 is 0.972. The van der Waals surface area contributed by atoms with Crippen LogP contribution in [0, 0.1) is 0 Å². The van der Waals surface area contributed by atoms with Gasteiger partial charge in [0.1, 0.15) is 0 Å². The lowest BCUT2D eigenvalue weighted by atomic mass is 10.0. The fourth-order valence-electron chi connectivity index (χ4n) is 1.69. The van der Waals surface area contributed by atoms with Gasteiger partial charge in [0.15, 0.2) is 0 Å². The number of anilines is 1. The van der Waals surface area contributed by atoms with E-state index < -0.39 is 0 Å². The van der Waals surface area contributed by atoms with E-state index in [1.807, 2.05) is 19.1 Å². The van der Waals surface area contributed by atoms with Gasteiger partial charge in [-0.15, -0.1) is 0 Å². The molecule has 1 aliphatic heterocycles. The molecular formula is C10H11BrN2O. The Bertz CT molecular complexity index is 401. The minimum atomic E-state index is -0.0698. The number of hydrogen-bond acceptors (Lipinski definition) is 2. The van der Waals surface area contributed by atoms with Gasteiger partial charge in [-0.1, -0.05) is 15.9 Å². The second-order valence-corrected chi connectivity index (χ2v) is 4.46. The Balaban J connectivity index is 2.57. The van der Waals surface area contributed by atoms with E-state index >= 15 is 0 Å². The van der Waals surface area contributed by atoms with E-state index in [1.165, 1.54) is 0 Å². The molecule has 14 heavy (non-hydrogen) atoms. The number of nitrogens with two attached hydrogens (primary N) is 1. The van der Waals surface area contributed by atoms with Gasteiger partial charge in [-0.3, -0.25) is 4.79 Å². The average molecular weight is 255 g/mol. The van der Waals surface area contributed by atoms with Crippen LogP contribution in [0.25, 0.3) is 0 Å². The molecule has 0 bridgehead atoms. The second-order valence-electron chi connectivity index (χ2n) is 3.54. The predicted octanol–water partition coefficient (Wildman–Crippen LogP) is 1.96. The Morgan fingerprint density at radius 2 is 2.29 bits per heavy atom. The van der Waals surface area contributed by atoms with Crippen LogP contribution in [0.3, 0.4) is 0 Å². The largest absolute Gasteiger partial charge is 0.325 e. The summed E-state index contributed by atoms with van der Waals surface area (Å²) >= 11 is 3.41. The SMILES string of the molecule is CC(N)c1cc(Br)cc2c1NC(=O)C2. The van der Waals surface area contributed by atoms with Gasteiger partial charge < -0.3 is 11.1 Å². The summed E-state index contributed by atoms with van der Waals surface area (Å²) in [6.45, 7) is 1.91. The first-order chi connectivity index (χ1) is 6.58. The van der Waals surface area contributed by atoms with Crippen LogP contribution in [0.4, 0.5) is 5.69 Å². The zero-order valence-electron chi connectivity index (χ0n) is 7.80. The molecule has 3 nitrogen and oxygen atoms in total. The minimum Gasteiger partial charge on any atom is -0.325 e. The highest BCUT2D eigenvalue weighted by Crippen LogP contribution is 2.33. The smallest absolute Gasteiger partial charge is 0.228 e. The van der Waals surface area contributed by atoms with Gasteiger partial charge in [-0.05, 0) is 30.2 Å². The monoisotopic (exact) mass is 254 g/mol. The first-order valence-electron chi connectivity index (χ1n) is 4.45. The molecule has 1 unspecified atom stereocenters. The van der Waals surface area contributed by atoms with Gasteiger partial charge in [-0.25, -0.2) is 0 Å². The van der Waals surface area contributed by atoms with E-state index in [4.69, 9.17) is 5.73 Å². The Hall–Kier alpha value is -0.870. The molecule has 3 N–H and O–H groups in total. The fraction of sp³-hybridized carbons (Fsp3) is 0.300. The zero-order valence-corrected chi connectivity index (χ0v) is 9.39. The van der Waals surface area contributed by atoms with E-state index in [0.717, 1.165) is 21.3 Å². The molecule has 1 aromatic rings. The van der Waals surface area contributed by atoms with Crippen molar-refractivity contribution in [3.63, 3.8) is 0 Å². The maximum absolute atomic E-state index is 11.2. The molecule has 1 aromatic carbocycles. The summed E-state index contributed by atoms with van der Waals surface area (Å²) in [6, 6.07) is 3.84. The molecule has 0 spiro atoms. The van der Waals surface area contributed by atoms with Crippen LogP contribution in [0.2, 0.25) is 0 Å². The molecular weight excluding hydrogens is 244 g/mol. The Kier molecular flexibility index (Phi) is 2.33. The molecule has 0 radical (unpaired) electrons. The minimum absolute atomic E-state index is 0.0417. The van der Waals surface area contributed by atoms with Crippen molar-refractivity contribution in [2.75, 3.05) is 5.32 Å². The summed E-state index contributed by atoms with van der Waals surface area (Å²) in [5.74, 6) is 0.0417. The van der Waals surface area contributed by atoms with Crippen molar-refractivity contribution in [3.05, 3.63) is 27.7 Å². The molecule has 0 aliphatic carbocycles. The first kappa shape index (κ1) is 9.68. The molecule has 1 atom stereocenters. The molecule has 0 fully saturated rings. The van der Waals surface area contributed by atoms with Crippen molar-refractivity contribution in [2.45, 2.75) is 19.4 Å². The number of carbonyl (C=O) groups is 1. The van der Waals surface area contributed by atoms with Crippen molar-refractivity contribution in [3.8, 4) is 0 Å². The van der Waals surface area contributed by atoms with Gasteiger partial charge in [-0.2, -0.15) is 0 Å². The van der Waals surface area contributed by atoms with Crippen LogP contribution in [-0.4, -0.2) is 5.91 Å². The number of halogens is 1. The van der Waals surface area contributed by atoms with Crippen LogP contribution >= 0.6 is 15.9 Å². The van der Waals surface area contributed by atoms with Gasteiger partial charge >= 0.3 is 0 Å². The standard InChI is InChI=1S/C10H11BrN2O/c1-5(12)8-4-7(11)2-6-3-9(14)13-10(6)8/h2,4-5H,3,12H2,1H3,(H,13,14). The molecule has 4 heteroatoms. The number of amides is 1. The summed E-state index contributed by atoms with van der Waals surface area (Å²) in [7, 11) is 0. The van der Waals surface area contributed by atoms with Crippen molar-refractivity contribution >= 4 is 27.5 Å². The molecule has 1 heterocycles. The summed E-state index contributed by atoms with van der Waals surface area (Å²) in [5, 5.41) is 2.83. The van der Waals surface area contributed by atoms with Gasteiger partial charge in [0.05, 0.1) is 6.42 Å². The number of carbonyl (C=O) groups excluding carboxylic acids is 1. The van der Waals surface area contributed by atoms with Crippen molar-refractivity contribution in [1.29, 1.82) is 0 Å². The van der Waals surface area contributed by atoms with Crippen LogP contribution in [0.5, 0.6) is 0 Å². The molecule has 1 amide bonds. The Labute approximate surface area is 90.8 Å². The van der Waals surface area contributed by atoms with E-state index in [-0.39, 0.29) is 11.9 Å². The number of fused-ring (bicyclic) bond motifs is 1. The summed E-state index contributed by atoms with van der Waals surface area (Å²) in [4.78, 5) is 11.2. The Morgan fingerprint density at radius 1 is 1.57 bits per heavy atom. The molecule has 2 rings (SSSR count). The molecule has 0 saturated carbocycles. The maximum Gasteiger partial charge on any atom is 0.228 e. The maximum atomic E-state index is 11.2. The van der Waals surface area contributed by atoms with Crippen LogP contribution in [0.15, 0.2) is 16.6 Å². The van der Waals surface area contributed by atoms with Crippen molar-refractivity contribution in [2.24, 2.45) is 5.73 Å². The first-order valence-corrected chi connectivity index (χ1v) is 5.25. The third-order valence-corrected chi connectivity index (χ3v) is 2.78. The number of rotatable bonds is 1. The van der Waals surface area contributed by atoms with Crippen molar-refractivity contribution in [1.82, 2.24) is 0 Å². The molecule has 0 aromatic heterocycles. The quantitative estimate of drug-likeness (QED) is 0.805. The van der Waals surface area contributed by atoms with Gasteiger partial charge in [0.2, 0.25) is 5.91 Å². The highest BCUT2D eigenvalue weighted by Gasteiger charge is 2.22. The van der Waals surface area contributed by atoms with E-state index in [0.29, 0.717) is 6.42 Å². The number of hydrogen-bond donors (Lipinski definition) is 2. The topological polar surface area (TPSA) is 55.1 Å². The molecule has 0 saturated heterocycles. The zero-order chi connectivity index (χ0) is 10.3. The van der Waals surface area contributed by atoms with E-state index in [1.54, 1.807) is 0 Å². The lowest BCUT2D eigenvalue weighted by molar-refractivity contribution is -0.115. The predicted molar refractivity (Wildman–Crippen MR) is 59.1 cm³/mol. The lowest BCUT2D eigenvalue weighted by Crippen LogP contribution is -2.10. The average Bonchev–Trinajstić information content (AvgIpc) is 2.42. The van der Waals surface area contributed by atoms with Crippen LogP contribution in [0.1, 0.15) is 24.1 Å². The third kappa shape index (κ3) is 1.55. The molecule has 74 valence electrons. The summed E-state index contributed by atoms with van der Waals surface area (Å²) in [5.41, 5.74) is 8.74. The number of nitrogens with one attached hydrogen (secondary N) is 1. The lowest BCUT2D eigenvalue weighted by Gasteiger charge is -2.12. The normalized spacial score (nSPS) is 16.4. The number of benzene rings is 1. The van der Waals surface area contributed by atoms with Crippen molar-refractivity contribution < 1.29 is 4.79 Å². The second kappa shape index (κ2) is 3.37. The third-order valence-electron chi connectivity index (χ3n) is 2.32. The van der Waals surface area contributed by atoms with Crippen LogP contribution < -0.4 is 11.1 Å². The van der Waals surface area contributed by atoms with E-state index in [2.05, 4.69) is 21.2 Å². The van der Waals surface area contributed by atoms with Gasteiger partial charge in [0.25, 0.3) is 0 Å². The highest BCUT2D eigenvalue weighted by atomic mass is 79.9. The van der Waals surface area contributed by atoms with Crippen LogP contribution in [-0.2, 0) is 11.2 Å². The van der Waals surface area contributed by atoms with E-state index in [9.17, 15) is 4.79 Å². The summed E-state index contributed by atoms with van der Waals surface area (Å²) in [6.07, 6.45) is 0.453.